The molecule has 3 aromatic rings. The monoisotopic (exact) mass is 318 g/mol. The molecule has 0 saturated heterocycles. The first kappa shape index (κ1) is 14.3. The number of nitrogens with one attached hydrogen (secondary N) is 1. The molecule has 4 rings (SSSR count). The first-order valence-electron chi connectivity index (χ1n) is 7.60. The lowest BCUT2D eigenvalue weighted by atomic mass is 10.0. The molecule has 0 saturated carbocycles. The van der Waals surface area contributed by atoms with E-state index in [1.165, 1.54) is 6.08 Å². The second kappa shape index (κ2) is 5.42. The van der Waals surface area contributed by atoms with E-state index in [0.717, 1.165) is 34.4 Å². The molecular formula is C18H14N4O2. The third kappa shape index (κ3) is 2.38. The Hall–Kier alpha value is -3.28. The lowest BCUT2D eigenvalue weighted by molar-refractivity contribution is -0.113. The van der Waals surface area contributed by atoms with Crippen LogP contribution >= 0.6 is 0 Å². The summed E-state index contributed by atoms with van der Waals surface area (Å²) < 4.78 is 0. The van der Waals surface area contributed by atoms with Gasteiger partial charge >= 0.3 is 0 Å². The van der Waals surface area contributed by atoms with Crippen LogP contribution in [0.15, 0.2) is 36.7 Å². The Bertz CT molecular complexity index is 1020. The number of carbonyl (C=O) groups excluding carboxylic acids is 2. The third-order valence-corrected chi connectivity index (χ3v) is 4.16. The van der Waals surface area contributed by atoms with E-state index in [1.54, 1.807) is 18.5 Å². The highest BCUT2D eigenvalue weighted by Gasteiger charge is 2.20. The maximum atomic E-state index is 11.7. The summed E-state index contributed by atoms with van der Waals surface area (Å²) in [7, 11) is 0. The topological polar surface area (TPSA) is 102 Å². The summed E-state index contributed by atoms with van der Waals surface area (Å²) in [6, 6.07) is 5.75. The fourth-order valence-electron chi connectivity index (χ4n) is 2.96. The molecule has 6 heteroatoms. The Labute approximate surface area is 137 Å². The summed E-state index contributed by atoms with van der Waals surface area (Å²) in [4.78, 5) is 34.7. The molecule has 3 N–H and O–H groups in total. The normalized spacial score (nSPS) is 13.8. The molecule has 118 valence electrons. The van der Waals surface area contributed by atoms with Crippen LogP contribution in [0.5, 0.6) is 0 Å². The molecule has 0 aliphatic heterocycles. The minimum absolute atomic E-state index is 0.197. The molecule has 6 nitrogen and oxygen atoms in total. The van der Waals surface area contributed by atoms with Gasteiger partial charge in [0.25, 0.3) is 0 Å². The van der Waals surface area contributed by atoms with Crippen LogP contribution in [-0.2, 0) is 11.2 Å². The molecule has 1 aliphatic carbocycles. The van der Waals surface area contributed by atoms with Gasteiger partial charge in [-0.2, -0.15) is 0 Å². The van der Waals surface area contributed by atoms with Crippen LogP contribution in [0.2, 0.25) is 0 Å². The van der Waals surface area contributed by atoms with Crippen molar-refractivity contribution >= 4 is 28.9 Å². The fourth-order valence-corrected chi connectivity index (χ4v) is 2.96. The zero-order valence-corrected chi connectivity index (χ0v) is 12.7. The van der Waals surface area contributed by atoms with Crippen LogP contribution in [0.25, 0.3) is 28.5 Å². The molecule has 0 spiro atoms. The van der Waals surface area contributed by atoms with Gasteiger partial charge < -0.3 is 10.7 Å². The number of benzene rings is 1. The lowest BCUT2D eigenvalue weighted by Gasteiger charge is -2.04. The van der Waals surface area contributed by atoms with Crippen LogP contribution in [-0.4, -0.2) is 26.6 Å². The maximum absolute atomic E-state index is 11.7. The highest BCUT2D eigenvalue weighted by Crippen LogP contribution is 2.28. The average molecular weight is 318 g/mol. The Balaban J connectivity index is 1.79. The first-order valence-corrected chi connectivity index (χ1v) is 7.60. The zero-order valence-electron chi connectivity index (χ0n) is 12.7. The Morgan fingerprint density at radius 2 is 2.17 bits per heavy atom. The third-order valence-electron chi connectivity index (χ3n) is 4.16. The van der Waals surface area contributed by atoms with Gasteiger partial charge in [0.2, 0.25) is 5.91 Å². The van der Waals surface area contributed by atoms with Crippen molar-refractivity contribution in [3.8, 4) is 11.3 Å². The summed E-state index contributed by atoms with van der Waals surface area (Å²) in [5, 5.41) is 0. The number of ketones is 1. The second-order valence-corrected chi connectivity index (χ2v) is 5.73. The first-order chi connectivity index (χ1) is 11.6. The quantitative estimate of drug-likeness (QED) is 0.723. The van der Waals surface area contributed by atoms with Gasteiger partial charge in [-0.15, -0.1) is 0 Å². The minimum atomic E-state index is -0.517. The van der Waals surface area contributed by atoms with E-state index in [4.69, 9.17) is 5.73 Å². The number of Topliss-reactive ketones (excluding diaryl/α,β-unsaturated/α-hetero) is 1. The van der Waals surface area contributed by atoms with Crippen LogP contribution < -0.4 is 5.73 Å². The summed E-state index contributed by atoms with van der Waals surface area (Å²) in [5.74, 6) is -0.320. The molecule has 1 amide bonds. The molecule has 1 aliphatic rings. The van der Waals surface area contributed by atoms with Crippen molar-refractivity contribution in [2.75, 3.05) is 0 Å². The standard InChI is InChI=1S/C18H14N4O2/c19-16(24)6-3-12-8-20-18-17(12)22-14(9-21-18)11-1-4-13-10(7-11)2-5-15(13)23/h1,3-4,6-9H,2,5H2,(H2,19,24)(H,20,21). The maximum Gasteiger partial charge on any atom is 0.241 e. The number of amides is 1. The van der Waals surface area contributed by atoms with E-state index in [1.807, 2.05) is 18.2 Å². The number of hydrogen-bond donors (Lipinski definition) is 2. The van der Waals surface area contributed by atoms with Crippen molar-refractivity contribution in [3.05, 3.63) is 53.4 Å². The van der Waals surface area contributed by atoms with E-state index in [-0.39, 0.29) is 5.78 Å². The molecule has 1 aromatic carbocycles. The Morgan fingerprint density at radius 3 is 3.00 bits per heavy atom. The highest BCUT2D eigenvalue weighted by molar-refractivity contribution is 6.01. The minimum Gasteiger partial charge on any atom is -0.366 e. The number of nitrogens with two attached hydrogens (primary N) is 1. The molecule has 0 bridgehead atoms. The summed E-state index contributed by atoms with van der Waals surface area (Å²) in [5.41, 5.74) is 10.7. The number of H-pyrrole nitrogens is 1. The van der Waals surface area contributed by atoms with E-state index in [0.29, 0.717) is 17.6 Å². The van der Waals surface area contributed by atoms with E-state index in [9.17, 15) is 9.59 Å². The SMILES string of the molecule is NC(=O)C=Cc1c[nH]c2ncc(-c3ccc4c(c3)CCC4=O)nc12. The van der Waals surface area contributed by atoms with Gasteiger partial charge in [-0.1, -0.05) is 12.1 Å². The molecule has 24 heavy (non-hydrogen) atoms. The smallest absolute Gasteiger partial charge is 0.241 e. The molecular weight excluding hydrogens is 304 g/mol. The van der Waals surface area contributed by atoms with Crippen molar-refractivity contribution in [1.29, 1.82) is 0 Å². The number of carbonyl (C=O) groups is 2. The van der Waals surface area contributed by atoms with Crippen molar-refractivity contribution in [2.45, 2.75) is 12.8 Å². The number of hydrogen-bond acceptors (Lipinski definition) is 4. The largest absolute Gasteiger partial charge is 0.366 e. The summed E-state index contributed by atoms with van der Waals surface area (Å²) in [6.45, 7) is 0. The highest BCUT2D eigenvalue weighted by atomic mass is 16.1. The molecule has 0 radical (unpaired) electrons. The summed E-state index contributed by atoms with van der Waals surface area (Å²) >= 11 is 0. The van der Waals surface area contributed by atoms with Gasteiger partial charge in [0.1, 0.15) is 5.52 Å². The van der Waals surface area contributed by atoms with Gasteiger partial charge in [0.05, 0.1) is 11.9 Å². The number of aromatic amines is 1. The molecule has 0 unspecified atom stereocenters. The van der Waals surface area contributed by atoms with Crippen molar-refractivity contribution in [1.82, 2.24) is 15.0 Å². The van der Waals surface area contributed by atoms with Crippen molar-refractivity contribution in [2.24, 2.45) is 5.73 Å². The number of rotatable bonds is 3. The molecule has 0 fully saturated rings. The Kier molecular flexibility index (Phi) is 3.23. The predicted molar refractivity (Wildman–Crippen MR) is 90.2 cm³/mol. The van der Waals surface area contributed by atoms with Crippen LogP contribution in [0, 0.1) is 0 Å². The molecule has 0 atom stereocenters. The predicted octanol–water partition coefficient (Wildman–Crippen LogP) is 2.25. The molecule has 2 aromatic heterocycles. The zero-order chi connectivity index (χ0) is 16.7. The van der Waals surface area contributed by atoms with Crippen molar-refractivity contribution in [3.63, 3.8) is 0 Å². The number of fused-ring (bicyclic) bond motifs is 2. The van der Waals surface area contributed by atoms with Crippen LogP contribution in [0.3, 0.4) is 0 Å². The Morgan fingerprint density at radius 1 is 1.29 bits per heavy atom. The number of nitrogens with zero attached hydrogens (tertiary/aromatic N) is 2. The van der Waals surface area contributed by atoms with Gasteiger partial charge in [0, 0.05) is 35.4 Å². The van der Waals surface area contributed by atoms with Gasteiger partial charge in [0.15, 0.2) is 11.4 Å². The van der Waals surface area contributed by atoms with E-state index in [2.05, 4.69) is 15.0 Å². The van der Waals surface area contributed by atoms with Crippen LogP contribution in [0.4, 0.5) is 0 Å². The number of aromatic nitrogens is 3. The molecule has 2 heterocycles. The summed E-state index contributed by atoms with van der Waals surface area (Å²) in [6.07, 6.45) is 7.67. The number of primary amides is 1. The van der Waals surface area contributed by atoms with E-state index < -0.39 is 5.91 Å². The fraction of sp³-hybridized carbons (Fsp3) is 0.111. The average Bonchev–Trinajstić information content (AvgIpc) is 3.16. The van der Waals surface area contributed by atoms with Gasteiger partial charge in [-0.05, 0) is 24.1 Å². The lowest BCUT2D eigenvalue weighted by Crippen LogP contribution is -2.05. The van der Waals surface area contributed by atoms with Crippen LogP contribution in [0.1, 0.15) is 27.9 Å². The van der Waals surface area contributed by atoms with Crippen molar-refractivity contribution < 1.29 is 9.59 Å². The second-order valence-electron chi connectivity index (χ2n) is 5.73. The van der Waals surface area contributed by atoms with Gasteiger partial charge in [-0.3, -0.25) is 9.59 Å². The van der Waals surface area contributed by atoms with Gasteiger partial charge in [-0.25, -0.2) is 9.97 Å². The van der Waals surface area contributed by atoms with E-state index >= 15 is 0 Å². The number of aryl methyl sites for hydroxylation is 1.